The molecule has 7 nitrogen and oxygen atoms in total. The second-order valence-electron chi connectivity index (χ2n) is 18.5. The van der Waals surface area contributed by atoms with Gasteiger partial charge in [-0.1, -0.05) is 34.6 Å². The third-order valence-electron chi connectivity index (χ3n) is 16.3. The number of hydrogen-bond donors (Lipinski definition) is 2. The maximum Gasteiger partial charge on any atom is 0.219 e. The minimum atomic E-state index is -0.562. The number of nitrogens with one attached hydrogen (secondary N) is 1. The lowest BCUT2D eigenvalue weighted by Gasteiger charge is -2.64. The zero-order valence-corrected chi connectivity index (χ0v) is 31.5. The highest BCUT2D eigenvalue weighted by atomic mass is 19.1. The van der Waals surface area contributed by atoms with E-state index in [0.717, 1.165) is 38.2 Å². The molecule has 2 N–H and O–H groups in total. The Morgan fingerprint density at radius 1 is 1.06 bits per heavy atom. The number of ether oxygens (including phenoxy) is 3. The molecule has 9 heteroatoms. The van der Waals surface area contributed by atoms with Crippen LogP contribution in [0.25, 0.3) is 0 Å². The number of methoxy groups -OCH3 is 1. The predicted octanol–water partition coefficient (Wildman–Crippen LogP) is 7.10. The van der Waals surface area contributed by atoms with Crippen LogP contribution in [0.3, 0.4) is 0 Å². The fourth-order valence-corrected chi connectivity index (χ4v) is 13.6. The van der Waals surface area contributed by atoms with Crippen molar-refractivity contribution >= 4 is 5.91 Å². The van der Waals surface area contributed by atoms with Crippen molar-refractivity contribution in [3.63, 3.8) is 0 Å². The third kappa shape index (κ3) is 5.61. The van der Waals surface area contributed by atoms with E-state index in [2.05, 4.69) is 39.9 Å². The largest absolute Gasteiger partial charge is 0.393 e. The van der Waals surface area contributed by atoms with Crippen LogP contribution in [0.1, 0.15) is 105 Å². The Hall–Kier alpha value is -1.65. The number of halogens is 2. The number of carbonyl (C=O) groups excluding carboxylic acids is 1. The van der Waals surface area contributed by atoms with Crippen LogP contribution in [0.15, 0.2) is 18.2 Å². The average molecular weight is 701 g/mol. The summed E-state index contributed by atoms with van der Waals surface area (Å²) < 4.78 is 46.1. The summed E-state index contributed by atoms with van der Waals surface area (Å²) in [4.78, 5) is 13.9. The molecule has 1 saturated heterocycles. The van der Waals surface area contributed by atoms with Gasteiger partial charge in [-0.25, -0.2) is 8.78 Å². The van der Waals surface area contributed by atoms with Crippen molar-refractivity contribution in [2.45, 2.75) is 130 Å². The summed E-state index contributed by atoms with van der Waals surface area (Å²) in [6.45, 7) is 16.4. The van der Waals surface area contributed by atoms with Crippen LogP contribution in [0.5, 0.6) is 0 Å². The molecule has 1 aromatic rings. The molecule has 6 fully saturated rings. The van der Waals surface area contributed by atoms with E-state index in [0.29, 0.717) is 72.9 Å². The molecule has 1 amide bonds. The molecular weight excluding hydrogens is 638 g/mol. The number of fused-ring (bicyclic) bond motifs is 2. The molecule has 7 rings (SSSR count). The molecule has 8 unspecified atom stereocenters. The Morgan fingerprint density at radius 3 is 2.46 bits per heavy atom. The maximum absolute atomic E-state index is 13.7. The summed E-state index contributed by atoms with van der Waals surface area (Å²) in [5.74, 6) is 0.813. The number of benzene rings is 1. The van der Waals surface area contributed by atoms with Crippen LogP contribution in [0, 0.1) is 62.4 Å². The van der Waals surface area contributed by atoms with Gasteiger partial charge < -0.3 is 29.5 Å². The summed E-state index contributed by atoms with van der Waals surface area (Å²) in [6, 6.07) is 3.63. The van der Waals surface area contributed by atoms with Crippen molar-refractivity contribution in [1.29, 1.82) is 0 Å². The lowest BCUT2D eigenvalue weighted by atomic mass is 9.41. The van der Waals surface area contributed by atoms with Crippen LogP contribution in [0.4, 0.5) is 8.78 Å². The number of rotatable bonds is 10. The number of amides is 1. The fourth-order valence-electron chi connectivity index (χ4n) is 13.6. The van der Waals surface area contributed by atoms with Gasteiger partial charge in [0.15, 0.2) is 6.29 Å². The summed E-state index contributed by atoms with van der Waals surface area (Å²) >= 11 is 0. The molecule has 0 aromatic heterocycles. The number of aliphatic hydroxyl groups is 1. The molecule has 1 heterocycles. The van der Waals surface area contributed by atoms with Gasteiger partial charge >= 0.3 is 0 Å². The summed E-state index contributed by atoms with van der Waals surface area (Å²) in [5.41, 5.74) is 1.12. The molecule has 0 bridgehead atoms. The van der Waals surface area contributed by atoms with Gasteiger partial charge in [0.25, 0.3) is 0 Å². The molecule has 0 radical (unpaired) electrons. The molecule has 1 aromatic carbocycles. The van der Waals surface area contributed by atoms with E-state index in [9.17, 15) is 18.7 Å². The highest BCUT2D eigenvalue weighted by Gasteiger charge is 2.83. The van der Waals surface area contributed by atoms with Crippen molar-refractivity contribution in [3.8, 4) is 0 Å². The molecule has 2 spiro atoms. The van der Waals surface area contributed by atoms with Gasteiger partial charge in [0.1, 0.15) is 11.6 Å². The van der Waals surface area contributed by atoms with Crippen molar-refractivity contribution in [2.24, 2.45) is 50.7 Å². The number of hydrogen-bond acceptors (Lipinski definition) is 6. The Kier molecular flexibility index (Phi) is 9.56. The quantitative estimate of drug-likeness (QED) is 0.271. The normalized spacial score (nSPS) is 42.9. The zero-order chi connectivity index (χ0) is 35.9. The molecule has 50 heavy (non-hydrogen) atoms. The van der Waals surface area contributed by atoms with E-state index in [1.807, 2.05) is 4.90 Å². The maximum atomic E-state index is 13.7. The predicted molar refractivity (Wildman–Crippen MR) is 188 cm³/mol. The standard InChI is InChI=1S/C41H62F2N2O5/c1-25(16-30(48-7)22-44-21-27-17-28(42)19-29(43)18-27)31-20-34(47)39(6)33-9-8-32-37(3,4)35(50-36-23-45(26(2)46)14-15-49-36)10-11-40(32)24-41(33,40)13-12-38(31,39)5/h17-19,25,30-36,44,47H,8-16,20-24H2,1-7H3/t25-,30?,31?,32+,33?,34+,35?,36?,38?,39-,40?,41?/m1/s1. The van der Waals surface area contributed by atoms with Crippen LogP contribution in [-0.4, -0.2) is 73.9 Å². The first-order chi connectivity index (χ1) is 23.6. The Bertz CT molecular complexity index is 1420. The first-order valence-corrected chi connectivity index (χ1v) is 19.5. The number of morpholine rings is 1. The minimum Gasteiger partial charge on any atom is -0.393 e. The molecular formula is C41H62F2N2O5. The number of aliphatic hydroxyl groups excluding tert-OH is 1. The Balaban J connectivity index is 1.02. The van der Waals surface area contributed by atoms with E-state index in [4.69, 9.17) is 14.2 Å². The van der Waals surface area contributed by atoms with E-state index in [1.54, 1.807) is 14.0 Å². The van der Waals surface area contributed by atoms with Crippen LogP contribution >= 0.6 is 0 Å². The lowest BCUT2D eigenvalue weighted by Crippen LogP contribution is -2.60. The molecule has 280 valence electrons. The Labute approximate surface area is 298 Å². The molecule has 6 aliphatic rings. The van der Waals surface area contributed by atoms with E-state index >= 15 is 0 Å². The van der Waals surface area contributed by atoms with Crippen molar-refractivity contribution in [2.75, 3.05) is 33.4 Å². The first-order valence-electron chi connectivity index (χ1n) is 19.5. The minimum absolute atomic E-state index is 0.00755. The molecule has 5 aliphatic carbocycles. The Morgan fingerprint density at radius 2 is 1.76 bits per heavy atom. The van der Waals surface area contributed by atoms with Gasteiger partial charge in [0.05, 0.1) is 31.5 Å². The summed E-state index contributed by atoms with van der Waals surface area (Å²) in [6.07, 6.45) is 9.33. The molecule has 5 saturated carbocycles. The summed E-state index contributed by atoms with van der Waals surface area (Å²) in [7, 11) is 1.75. The van der Waals surface area contributed by atoms with E-state index < -0.39 is 11.6 Å². The smallest absolute Gasteiger partial charge is 0.219 e. The van der Waals surface area contributed by atoms with E-state index in [1.165, 1.54) is 37.8 Å². The van der Waals surface area contributed by atoms with Gasteiger partial charge in [-0.15, -0.1) is 0 Å². The highest BCUT2D eigenvalue weighted by molar-refractivity contribution is 5.73. The van der Waals surface area contributed by atoms with Crippen molar-refractivity contribution in [1.82, 2.24) is 10.2 Å². The SMILES string of the molecule is COC(CNCc1cc(F)cc(F)c1)C[C@@H](C)C1C[C@H](O)[C@@]2(C)C3CC[C@H]4C(C)(C)C(OC5CN(C(C)=O)CCO5)CCC45CC35CCC12C. The van der Waals surface area contributed by atoms with Crippen molar-refractivity contribution < 1.29 is 32.9 Å². The van der Waals surface area contributed by atoms with Crippen molar-refractivity contribution in [3.05, 3.63) is 35.4 Å². The lowest BCUT2D eigenvalue weighted by molar-refractivity contribution is -0.247. The zero-order valence-electron chi connectivity index (χ0n) is 31.5. The van der Waals surface area contributed by atoms with Gasteiger partial charge in [-0.3, -0.25) is 4.79 Å². The second-order valence-corrected chi connectivity index (χ2v) is 18.5. The third-order valence-corrected chi connectivity index (χ3v) is 16.3. The number of nitrogens with zero attached hydrogens (tertiary/aromatic N) is 1. The fraction of sp³-hybridized carbons (Fsp3) is 0.829. The number of carbonyl (C=O) groups is 1. The highest BCUT2D eigenvalue weighted by Crippen LogP contribution is 2.89. The van der Waals surface area contributed by atoms with Gasteiger partial charge in [0, 0.05) is 45.1 Å². The second kappa shape index (κ2) is 13.0. The van der Waals surface area contributed by atoms with Gasteiger partial charge in [-0.2, -0.15) is 0 Å². The van der Waals surface area contributed by atoms with Crippen LogP contribution in [0.2, 0.25) is 0 Å². The van der Waals surface area contributed by atoms with Crippen LogP contribution in [-0.2, 0) is 25.5 Å². The monoisotopic (exact) mass is 700 g/mol. The summed E-state index contributed by atoms with van der Waals surface area (Å²) in [5, 5.41) is 15.5. The first kappa shape index (κ1) is 36.7. The van der Waals surface area contributed by atoms with Gasteiger partial charge in [0.2, 0.25) is 5.91 Å². The molecule has 12 atom stereocenters. The topological polar surface area (TPSA) is 80.3 Å². The van der Waals surface area contributed by atoms with Gasteiger partial charge in [-0.05, 0) is 121 Å². The van der Waals surface area contributed by atoms with E-state index in [-0.39, 0.29) is 46.8 Å². The molecule has 1 aliphatic heterocycles. The average Bonchev–Trinajstić information content (AvgIpc) is 3.68. The van der Waals surface area contributed by atoms with Crippen LogP contribution < -0.4 is 5.32 Å².